The lowest BCUT2D eigenvalue weighted by Gasteiger charge is -2.16. The number of rotatable bonds is 4. The number of para-hydroxylation sites is 1. The molecule has 0 amide bonds. The fraction of sp³-hybridized carbons (Fsp3) is 0.375. The van der Waals surface area contributed by atoms with Gasteiger partial charge in [0.2, 0.25) is 0 Å². The van der Waals surface area contributed by atoms with Gasteiger partial charge in [0, 0.05) is 19.3 Å². The molecule has 0 unspecified atom stereocenters. The Kier molecular flexibility index (Phi) is 10.0. The summed E-state index contributed by atoms with van der Waals surface area (Å²) in [6, 6.07) is 10.4. The molecule has 0 bridgehead atoms. The predicted molar refractivity (Wildman–Crippen MR) is 79.6 cm³/mol. The van der Waals surface area contributed by atoms with E-state index in [0.717, 1.165) is 6.54 Å². The van der Waals surface area contributed by atoms with Crippen molar-refractivity contribution in [2.75, 3.05) is 18.5 Å². The summed E-state index contributed by atoms with van der Waals surface area (Å²) in [7, 11) is 2.09. The molecule has 0 atom stereocenters. The van der Waals surface area contributed by atoms with E-state index in [4.69, 9.17) is 0 Å². The van der Waals surface area contributed by atoms with Crippen LogP contribution in [0.3, 0.4) is 0 Å². The minimum Gasteiger partial charge on any atom is -0.371 e. The summed E-state index contributed by atoms with van der Waals surface area (Å²) in [6.07, 6.45) is 9.53. The molecule has 0 saturated heterocycles. The van der Waals surface area contributed by atoms with Gasteiger partial charge in [0.05, 0.1) is 0 Å². The third-order valence-corrected chi connectivity index (χ3v) is 2.02. The largest absolute Gasteiger partial charge is 0.371 e. The van der Waals surface area contributed by atoms with Crippen molar-refractivity contribution >= 4 is 5.69 Å². The number of benzene rings is 1. The van der Waals surface area contributed by atoms with Crippen LogP contribution in [0.2, 0.25) is 0 Å². The summed E-state index contributed by atoms with van der Waals surface area (Å²) in [5.41, 5.74) is 1.25. The van der Waals surface area contributed by atoms with Gasteiger partial charge in [-0.1, -0.05) is 62.8 Å². The van der Waals surface area contributed by atoms with Crippen molar-refractivity contribution in [3.63, 3.8) is 0 Å². The maximum Gasteiger partial charge on any atom is 0.0366 e. The quantitative estimate of drug-likeness (QED) is 0.681. The van der Waals surface area contributed by atoms with Crippen molar-refractivity contribution in [3.05, 3.63) is 54.6 Å². The van der Waals surface area contributed by atoms with Crippen molar-refractivity contribution in [1.82, 2.24) is 0 Å². The predicted octanol–water partition coefficient (Wildman–Crippen LogP) is 4.67. The first-order valence-corrected chi connectivity index (χ1v) is 6.30. The summed E-state index contributed by atoms with van der Waals surface area (Å²) >= 11 is 0. The molecule has 0 heterocycles. The van der Waals surface area contributed by atoms with E-state index in [1.54, 1.807) is 0 Å². The van der Waals surface area contributed by atoms with E-state index in [9.17, 15) is 0 Å². The van der Waals surface area contributed by atoms with Gasteiger partial charge >= 0.3 is 0 Å². The Balaban J connectivity index is 0.000000770. The summed E-state index contributed by atoms with van der Waals surface area (Å²) in [6.45, 7) is 7.21. The van der Waals surface area contributed by atoms with E-state index in [0.29, 0.717) is 0 Å². The zero-order valence-electron chi connectivity index (χ0n) is 11.6. The highest BCUT2D eigenvalue weighted by molar-refractivity contribution is 5.45. The molecule has 0 N–H and O–H groups in total. The zero-order valence-corrected chi connectivity index (χ0v) is 11.6. The van der Waals surface area contributed by atoms with Crippen LogP contribution in [0.15, 0.2) is 54.6 Å². The van der Waals surface area contributed by atoms with Crippen molar-refractivity contribution in [3.8, 4) is 0 Å². The molecule has 1 aromatic rings. The first-order chi connectivity index (χ1) is 8.26. The molecule has 0 aliphatic rings. The van der Waals surface area contributed by atoms with Gasteiger partial charge in [0.25, 0.3) is 0 Å². The van der Waals surface area contributed by atoms with E-state index < -0.39 is 0 Å². The second-order valence-electron chi connectivity index (χ2n) is 3.88. The molecule has 0 aliphatic heterocycles. The molecule has 0 saturated carbocycles. The number of anilines is 1. The maximum absolute atomic E-state index is 2.21. The molecule has 1 rings (SSSR count). The molecule has 94 valence electrons. The third-order valence-electron chi connectivity index (χ3n) is 2.02. The highest BCUT2D eigenvalue weighted by Gasteiger charge is 1.94. The topological polar surface area (TPSA) is 3.24 Å². The molecule has 17 heavy (non-hydrogen) atoms. The highest BCUT2D eigenvalue weighted by Crippen LogP contribution is 2.10. The monoisotopic (exact) mass is 231 g/mol. The van der Waals surface area contributed by atoms with E-state index in [1.807, 2.05) is 25.1 Å². The van der Waals surface area contributed by atoms with Gasteiger partial charge in [-0.05, 0) is 19.1 Å². The van der Waals surface area contributed by atoms with Crippen LogP contribution in [0.5, 0.6) is 0 Å². The molecular weight excluding hydrogens is 206 g/mol. The van der Waals surface area contributed by atoms with Crippen LogP contribution in [0, 0.1) is 0 Å². The van der Waals surface area contributed by atoms with Gasteiger partial charge in [-0.15, -0.1) is 0 Å². The summed E-state index contributed by atoms with van der Waals surface area (Å²) in [4.78, 5) is 2.21. The van der Waals surface area contributed by atoms with Gasteiger partial charge in [-0.2, -0.15) is 0 Å². The standard InChI is InChI=1S/C13H17N.C3H8/c1-3-4-5-9-12-14(2)13-10-7-6-8-11-13;1-3-2/h3-11H,12H2,1-2H3;3H2,1-2H3/b4-3-,9-5-;. The van der Waals surface area contributed by atoms with E-state index in [2.05, 4.69) is 62.2 Å². The van der Waals surface area contributed by atoms with Crippen molar-refractivity contribution in [1.29, 1.82) is 0 Å². The number of hydrogen-bond acceptors (Lipinski definition) is 1. The lowest BCUT2D eigenvalue weighted by Crippen LogP contribution is -2.16. The Bertz CT molecular complexity index is 312. The fourth-order valence-electron chi connectivity index (χ4n) is 1.20. The van der Waals surface area contributed by atoms with Gasteiger partial charge in [0.1, 0.15) is 0 Å². The Morgan fingerprint density at radius 1 is 1.06 bits per heavy atom. The number of allylic oxidation sites excluding steroid dienone is 3. The minimum absolute atomic E-state index is 0.939. The molecule has 0 aromatic heterocycles. The van der Waals surface area contributed by atoms with Crippen LogP contribution < -0.4 is 4.90 Å². The van der Waals surface area contributed by atoms with Crippen LogP contribution in [-0.2, 0) is 0 Å². The SMILES string of the molecule is C/C=C\C=C/CN(C)c1ccccc1.CCC. The Morgan fingerprint density at radius 2 is 1.65 bits per heavy atom. The van der Waals surface area contributed by atoms with Crippen molar-refractivity contribution in [2.24, 2.45) is 0 Å². The lowest BCUT2D eigenvalue weighted by atomic mass is 10.3. The first kappa shape index (κ1) is 15.5. The van der Waals surface area contributed by atoms with Gasteiger partial charge < -0.3 is 4.90 Å². The molecule has 1 heteroatoms. The Labute approximate surface area is 106 Å². The number of likely N-dealkylation sites (N-methyl/N-ethyl adjacent to an activating group) is 1. The molecule has 1 aromatic carbocycles. The van der Waals surface area contributed by atoms with Crippen molar-refractivity contribution in [2.45, 2.75) is 27.2 Å². The lowest BCUT2D eigenvalue weighted by molar-refractivity contribution is 1.03. The fourth-order valence-corrected chi connectivity index (χ4v) is 1.20. The average Bonchev–Trinajstić information content (AvgIpc) is 2.36. The third kappa shape index (κ3) is 8.32. The van der Waals surface area contributed by atoms with Crippen LogP contribution in [0.4, 0.5) is 5.69 Å². The Hall–Kier alpha value is -1.50. The van der Waals surface area contributed by atoms with E-state index in [1.165, 1.54) is 12.1 Å². The van der Waals surface area contributed by atoms with Gasteiger partial charge in [-0.3, -0.25) is 0 Å². The molecule has 1 nitrogen and oxygen atoms in total. The summed E-state index contributed by atoms with van der Waals surface area (Å²) < 4.78 is 0. The second kappa shape index (κ2) is 11.0. The normalized spacial score (nSPS) is 10.4. The van der Waals surface area contributed by atoms with Crippen molar-refractivity contribution < 1.29 is 0 Å². The number of hydrogen-bond donors (Lipinski definition) is 0. The van der Waals surface area contributed by atoms with Crippen LogP contribution >= 0.6 is 0 Å². The van der Waals surface area contributed by atoms with Gasteiger partial charge in [-0.25, -0.2) is 0 Å². The van der Waals surface area contributed by atoms with Gasteiger partial charge in [0.15, 0.2) is 0 Å². The first-order valence-electron chi connectivity index (χ1n) is 6.30. The smallest absolute Gasteiger partial charge is 0.0366 e. The van der Waals surface area contributed by atoms with E-state index in [-0.39, 0.29) is 0 Å². The Morgan fingerprint density at radius 3 is 2.18 bits per heavy atom. The maximum atomic E-state index is 2.21. The molecular formula is C16H25N. The van der Waals surface area contributed by atoms with Crippen LogP contribution in [0.1, 0.15) is 27.2 Å². The van der Waals surface area contributed by atoms with E-state index >= 15 is 0 Å². The number of nitrogens with zero attached hydrogens (tertiary/aromatic N) is 1. The average molecular weight is 231 g/mol. The molecule has 0 fully saturated rings. The minimum atomic E-state index is 0.939. The molecule has 0 radical (unpaired) electrons. The summed E-state index contributed by atoms with van der Waals surface area (Å²) in [5, 5.41) is 0. The second-order valence-corrected chi connectivity index (χ2v) is 3.88. The highest BCUT2D eigenvalue weighted by atomic mass is 15.1. The summed E-state index contributed by atoms with van der Waals surface area (Å²) in [5.74, 6) is 0. The molecule has 0 spiro atoms. The molecule has 0 aliphatic carbocycles. The van der Waals surface area contributed by atoms with Crippen LogP contribution in [0.25, 0.3) is 0 Å². The zero-order chi connectivity index (χ0) is 12.9. The van der Waals surface area contributed by atoms with Crippen LogP contribution in [-0.4, -0.2) is 13.6 Å².